The van der Waals surface area contributed by atoms with E-state index in [0.29, 0.717) is 21.7 Å². The molecule has 9 heteroatoms. The highest BCUT2D eigenvalue weighted by atomic mass is 32.2. The van der Waals surface area contributed by atoms with Crippen molar-refractivity contribution in [3.8, 4) is 11.3 Å². The minimum Gasteiger partial charge on any atom is -0.262 e. The second-order valence-electron chi connectivity index (χ2n) is 6.36. The zero-order valence-electron chi connectivity index (χ0n) is 16.5. The van der Waals surface area contributed by atoms with E-state index in [0.717, 1.165) is 5.56 Å². The molecule has 0 amide bonds. The first-order valence-corrected chi connectivity index (χ1v) is 11.3. The largest absolute Gasteiger partial charge is 0.270 e. The fourth-order valence-corrected chi connectivity index (χ4v) is 4.08. The van der Waals surface area contributed by atoms with Gasteiger partial charge in [0.2, 0.25) is 4.80 Å². The smallest absolute Gasteiger partial charge is 0.262 e. The normalized spacial score (nSPS) is 11.8. The number of nitrogens with zero attached hydrogens (tertiary/aromatic N) is 5. The van der Waals surface area contributed by atoms with E-state index in [9.17, 15) is 10.1 Å². The number of hydrogen-bond acceptors (Lipinski definition) is 7. The van der Waals surface area contributed by atoms with Gasteiger partial charge in [0.25, 0.3) is 5.69 Å². The molecule has 31 heavy (non-hydrogen) atoms. The van der Waals surface area contributed by atoms with Crippen LogP contribution in [-0.4, -0.2) is 27.1 Å². The molecule has 0 N–H and O–H groups in total. The molecule has 4 rings (SSSR count). The van der Waals surface area contributed by atoms with Crippen LogP contribution in [0.3, 0.4) is 0 Å². The summed E-state index contributed by atoms with van der Waals surface area (Å²) in [5.41, 5.74) is 3.07. The van der Waals surface area contributed by atoms with Crippen LogP contribution >= 0.6 is 23.1 Å². The quantitative estimate of drug-likeness (QED) is 0.172. The van der Waals surface area contributed by atoms with E-state index >= 15 is 0 Å². The number of thiazole rings is 1. The summed E-state index contributed by atoms with van der Waals surface area (Å²) >= 11 is 3.08. The molecule has 0 aliphatic heterocycles. The minimum atomic E-state index is -0.405. The van der Waals surface area contributed by atoms with Gasteiger partial charge in [-0.3, -0.25) is 15.1 Å². The lowest BCUT2D eigenvalue weighted by atomic mass is 10.1. The number of benzene rings is 2. The number of hydrogen-bond donors (Lipinski definition) is 0. The van der Waals surface area contributed by atoms with Crippen LogP contribution in [0, 0.1) is 10.1 Å². The summed E-state index contributed by atoms with van der Waals surface area (Å²) < 4.78 is 1.69. The van der Waals surface area contributed by atoms with E-state index in [2.05, 4.69) is 15.1 Å². The van der Waals surface area contributed by atoms with Gasteiger partial charge in [-0.2, -0.15) is 5.10 Å². The lowest BCUT2D eigenvalue weighted by molar-refractivity contribution is -0.384. The Bertz CT molecular complexity index is 1300. The molecular formula is C22H17N5O2S2. The minimum absolute atomic E-state index is 0.0256. The Hall–Kier alpha value is -3.56. The molecule has 154 valence electrons. The summed E-state index contributed by atoms with van der Waals surface area (Å²) in [7, 11) is 0. The van der Waals surface area contributed by atoms with E-state index in [1.807, 2.05) is 54.1 Å². The molecule has 7 nitrogen and oxygen atoms in total. The van der Waals surface area contributed by atoms with Gasteiger partial charge >= 0.3 is 0 Å². The molecule has 0 saturated carbocycles. The van der Waals surface area contributed by atoms with Crippen LogP contribution in [0.15, 0.2) is 93.4 Å². The Morgan fingerprint density at radius 2 is 2.00 bits per heavy atom. The summed E-state index contributed by atoms with van der Waals surface area (Å²) in [5, 5.41) is 17.8. The highest BCUT2D eigenvalue weighted by molar-refractivity contribution is 7.98. The van der Waals surface area contributed by atoms with Gasteiger partial charge in [0.05, 0.1) is 28.7 Å². The van der Waals surface area contributed by atoms with Crippen molar-refractivity contribution in [1.82, 2.24) is 9.66 Å². The van der Waals surface area contributed by atoms with Crippen LogP contribution in [0.5, 0.6) is 0 Å². The molecule has 0 spiro atoms. The maximum absolute atomic E-state index is 11.2. The van der Waals surface area contributed by atoms with Gasteiger partial charge in [-0.05, 0) is 36.1 Å². The SMILES string of the molecule is CSc1ccc(C=Nn2c(-c3cccc([N+](=O)[O-])c3)csc2=Nc2cccnc2)cc1. The van der Waals surface area contributed by atoms with Crippen LogP contribution in [0.4, 0.5) is 11.4 Å². The van der Waals surface area contributed by atoms with Gasteiger partial charge in [0.1, 0.15) is 0 Å². The van der Waals surface area contributed by atoms with Crippen LogP contribution in [0.25, 0.3) is 11.3 Å². The predicted molar refractivity (Wildman–Crippen MR) is 125 cm³/mol. The van der Waals surface area contributed by atoms with Crippen molar-refractivity contribution in [2.24, 2.45) is 10.1 Å². The van der Waals surface area contributed by atoms with Crippen molar-refractivity contribution in [3.05, 3.63) is 98.9 Å². The molecule has 2 aromatic heterocycles. The van der Waals surface area contributed by atoms with Gasteiger partial charge in [0.15, 0.2) is 0 Å². The van der Waals surface area contributed by atoms with Gasteiger partial charge in [-0.15, -0.1) is 23.1 Å². The first-order chi connectivity index (χ1) is 15.1. The molecule has 0 unspecified atom stereocenters. The van der Waals surface area contributed by atoms with Crippen LogP contribution < -0.4 is 4.80 Å². The fourth-order valence-electron chi connectivity index (χ4n) is 2.81. The van der Waals surface area contributed by atoms with E-state index < -0.39 is 4.92 Å². The molecule has 0 aliphatic rings. The fraction of sp³-hybridized carbons (Fsp3) is 0.0455. The lowest BCUT2D eigenvalue weighted by Crippen LogP contribution is -2.11. The maximum atomic E-state index is 11.2. The molecule has 0 aliphatic carbocycles. The van der Waals surface area contributed by atoms with Gasteiger partial charge < -0.3 is 0 Å². The van der Waals surface area contributed by atoms with Crippen molar-refractivity contribution >= 4 is 40.7 Å². The third-order valence-electron chi connectivity index (χ3n) is 4.35. The number of aromatic nitrogens is 2. The highest BCUT2D eigenvalue weighted by Gasteiger charge is 2.12. The monoisotopic (exact) mass is 447 g/mol. The average molecular weight is 448 g/mol. The Kier molecular flexibility index (Phi) is 6.34. The van der Waals surface area contributed by atoms with E-state index in [-0.39, 0.29) is 5.69 Å². The number of rotatable bonds is 6. The van der Waals surface area contributed by atoms with Crippen LogP contribution in [0.2, 0.25) is 0 Å². The standard InChI is InChI=1S/C22H17N5O2S2/c1-30-20-9-7-16(8-10-20)13-24-26-21(17-4-2-6-19(12-17)27(28)29)15-31-22(26)25-18-5-3-11-23-14-18/h2-15H,1H3. The molecule has 4 aromatic rings. The molecule has 2 aromatic carbocycles. The lowest BCUT2D eigenvalue weighted by Gasteiger charge is -2.04. The summed E-state index contributed by atoms with van der Waals surface area (Å²) in [6.07, 6.45) is 7.14. The van der Waals surface area contributed by atoms with Crippen LogP contribution in [-0.2, 0) is 0 Å². The third kappa shape index (κ3) is 4.96. The number of nitro groups is 1. The van der Waals surface area contributed by atoms with Crippen molar-refractivity contribution in [1.29, 1.82) is 0 Å². The van der Waals surface area contributed by atoms with Gasteiger partial charge in [-0.25, -0.2) is 9.67 Å². The zero-order chi connectivity index (χ0) is 21.6. The van der Waals surface area contributed by atoms with E-state index in [1.165, 1.54) is 28.4 Å². The molecule has 0 radical (unpaired) electrons. The Morgan fingerprint density at radius 3 is 2.71 bits per heavy atom. The van der Waals surface area contributed by atoms with Gasteiger partial charge in [0, 0.05) is 34.2 Å². The van der Waals surface area contributed by atoms with Crippen molar-refractivity contribution in [2.75, 3.05) is 6.26 Å². The molecular weight excluding hydrogens is 430 g/mol. The Labute approximate surface area is 186 Å². The van der Waals surface area contributed by atoms with E-state index in [1.54, 1.807) is 41.1 Å². The van der Waals surface area contributed by atoms with Gasteiger partial charge in [-0.1, -0.05) is 24.3 Å². The molecule has 0 bridgehead atoms. The summed E-state index contributed by atoms with van der Waals surface area (Å²) in [4.78, 5) is 21.4. The van der Waals surface area contributed by atoms with Crippen LogP contribution in [0.1, 0.15) is 5.56 Å². The summed E-state index contributed by atoms with van der Waals surface area (Å²) in [6.45, 7) is 0. The highest BCUT2D eigenvalue weighted by Crippen LogP contribution is 2.25. The third-order valence-corrected chi connectivity index (χ3v) is 5.91. The van der Waals surface area contributed by atoms with Crippen molar-refractivity contribution in [2.45, 2.75) is 4.90 Å². The molecule has 0 atom stereocenters. The first kappa shape index (κ1) is 20.7. The molecule has 0 fully saturated rings. The maximum Gasteiger partial charge on any atom is 0.270 e. The Morgan fingerprint density at radius 1 is 1.16 bits per heavy atom. The second kappa shape index (κ2) is 9.50. The summed E-state index contributed by atoms with van der Waals surface area (Å²) in [6, 6.07) is 18.2. The topological polar surface area (TPSA) is 85.7 Å². The number of nitro benzene ring substituents is 1. The molecule has 0 saturated heterocycles. The Balaban J connectivity index is 1.82. The van der Waals surface area contributed by atoms with E-state index in [4.69, 9.17) is 0 Å². The molecule has 2 heterocycles. The van der Waals surface area contributed by atoms with Crippen molar-refractivity contribution < 1.29 is 4.92 Å². The van der Waals surface area contributed by atoms with Crippen molar-refractivity contribution in [3.63, 3.8) is 0 Å². The second-order valence-corrected chi connectivity index (χ2v) is 8.08. The first-order valence-electron chi connectivity index (χ1n) is 9.22. The number of non-ortho nitro benzene ring substituents is 1. The number of thioether (sulfide) groups is 1. The zero-order valence-corrected chi connectivity index (χ0v) is 18.1. The predicted octanol–water partition coefficient (Wildman–Crippen LogP) is 5.36. The number of pyridine rings is 1. The summed E-state index contributed by atoms with van der Waals surface area (Å²) in [5.74, 6) is 0. The average Bonchev–Trinajstić information content (AvgIpc) is 3.21.